The second kappa shape index (κ2) is 10.6. The Bertz CT molecular complexity index is 1270. The molecule has 0 radical (unpaired) electrons. The molecule has 7 heteroatoms. The second-order valence-electron chi connectivity index (χ2n) is 9.90. The largest absolute Gasteiger partial charge is 0.352 e. The first kappa shape index (κ1) is 24.1. The van der Waals surface area contributed by atoms with Gasteiger partial charge in [0.1, 0.15) is 0 Å². The third-order valence-corrected chi connectivity index (χ3v) is 7.39. The molecular weight excluding hydrogens is 452 g/mol. The van der Waals surface area contributed by atoms with Crippen LogP contribution in [-0.4, -0.2) is 59.2 Å². The van der Waals surface area contributed by atoms with Gasteiger partial charge in [-0.05, 0) is 24.8 Å². The molecule has 3 amide bonds. The van der Waals surface area contributed by atoms with Crippen molar-refractivity contribution in [3.05, 3.63) is 65.7 Å². The Morgan fingerprint density at radius 3 is 2.33 bits per heavy atom. The number of amides is 3. The molecule has 2 aliphatic rings. The fraction of sp³-hybridized carbons (Fsp3) is 0.379. The summed E-state index contributed by atoms with van der Waals surface area (Å²) in [6, 6.07) is 17.5. The number of para-hydroxylation sites is 1. The standard InChI is InChI=1S/C29H32N4O3/c1-32-25(34)18-33(19-26(32)35)17-23-27(29(36)30-16-20-10-4-2-5-11-20)22-14-8-9-15-24(22)31-28(23)21-12-6-3-7-13-21/h3,6-9,12-15,20H,2,4-5,10-11,16-19H2,1H3,(H,30,36). The number of fused-ring (bicyclic) bond motifs is 1. The molecule has 1 aliphatic carbocycles. The van der Waals surface area contributed by atoms with Crippen molar-refractivity contribution in [3.63, 3.8) is 0 Å². The van der Waals surface area contributed by atoms with Crippen LogP contribution in [0.5, 0.6) is 0 Å². The zero-order chi connectivity index (χ0) is 25.1. The molecular formula is C29H32N4O3. The van der Waals surface area contributed by atoms with Crippen LogP contribution < -0.4 is 5.32 Å². The predicted molar refractivity (Wildman–Crippen MR) is 139 cm³/mol. The molecule has 1 N–H and O–H groups in total. The average Bonchev–Trinajstić information content (AvgIpc) is 2.91. The molecule has 0 bridgehead atoms. The maximum Gasteiger partial charge on any atom is 0.252 e. The van der Waals surface area contributed by atoms with E-state index in [1.807, 2.05) is 54.6 Å². The van der Waals surface area contributed by atoms with E-state index in [1.54, 1.807) is 4.90 Å². The Kier molecular flexibility index (Phi) is 7.09. The van der Waals surface area contributed by atoms with Crippen LogP contribution in [0.3, 0.4) is 0 Å². The van der Waals surface area contributed by atoms with Crippen LogP contribution in [0.2, 0.25) is 0 Å². The van der Waals surface area contributed by atoms with Gasteiger partial charge in [-0.1, -0.05) is 67.8 Å². The molecule has 1 aliphatic heterocycles. The molecule has 1 saturated heterocycles. The second-order valence-corrected chi connectivity index (χ2v) is 9.90. The molecule has 36 heavy (non-hydrogen) atoms. The minimum atomic E-state index is -0.246. The topological polar surface area (TPSA) is 82.6 Å². The van der Waals surface area contributed by atoms with Crippen molar-refractivity contribution in [2.75, 3.05) is 26.7 Å². The number of imide groups is 1. The fourth-order valence-corrected chi connectivity index (χ4v) is 5.34. The molecule has 7 nitrogen and oxygen atoms in total. The van der Waals surface area contributed by atoms with Crippen LogP contribution >= 0.6 is 0 Å². The number of carbonyl (C=O) groups is 3. The SMILES string of the molecule is CN1C(=O)CN(Cc2c(-c3ccccc3)nc3ccccc3c2C(=O)NCC2CCCCC2)CC1=O. The molecule has 1 aromatic heterocycles. The van der Waals surface area contributed by atoms with E-state index in [-0.39, 0.29) is 37.4 Å². The van der Waals surface area contributed by atoms with Gasteiger partial charge in [0.15, 0.2) is 0 Å². The van der Waals surface area contributed by atoms with Crippen LogP contribution in [0.15, 0.2) is 54.6 Å². The molecule has 3 aromatic rings. The van der Waals surface area contributed by atoms with Crippen LogP contribution in [0.4, 0.5) is 0 Å². The number of benzene rings is 2. The number of nitrogens with one attached hydrogen (secondary N) is 1. The van der Waals surface area contributed by atoms with Gasteiger partial charge in [0.05, 0.1) is 29.9 Å². The number of likely N-dealkylation sites (N-methyl/N-ethyl adjacent to an activating group) is 1. The Balaban J connectivity index is 1.59. The third kappa shape index (κ3) is 5.02. The summed E-state index contributed by atoms with van der Waals surface area (Å²) in [6.07, 6.45) is 5.99. The maximum atomic E-state index is 13.8. The summed E-state index contributed by atoms with van der Waals surface area (Å²) >= 11 is 0. The average molecular weight is 485 g/mol. The van der Waals surface area contributed by atoms with Gasteiger partial charge < -0.3 is 5.32 Å². The smallest absolute Gasteiger partial charge is 0.252 e. The Morgan fingerprint density at radius 2 is 1.61 bits per heavy atom. The van der Waals surface area contributed by atoms with Crippen LogP contribution in [-0.2, 0) is 16.1 Å². The lowest BCUT2D eigenvalue weighted by Crippen LogP contribution is -2.51. The summed E-state index contributed by atoms with van der Waals surface area (Å²) in [4.78, 5) is 46.7. The molecule has 0 spiro atoms. The number of carbonyl (C=O) groups excluding carboxylic acids is 3. The maximum absolute atomic E-state index is 13.8. The highest BCUT2D eigenvalue weighted by atomic mass is 16.2. The minimum Gasteiger partial charge on any atom is -0.352 e. The number of piperazine rings is 1. The number of aromatic nitrogens is 1. The van der Waals surface area contributed by atoms with Crippen molar-refractivity contribution < 1.29 is 14.4 Å². The molecule has 1 saturated carbocycles. The van der Waals surface area contributed by atoms with E-state index in [1.165, 1.54) is 31.2 Å². The van der Waals surface area contributed by atoms with Gasteiger partial charge in [0.2, 0.25) is 11.8 Å². The molecule has 5 rings (SSSR count). The Morgan fingerprint density at radius 1 is 0.944 bits per heavy atom. The summed E-state index contributed by atoms with van der Waals surface area (Å²) in [5.74, 6) is -0.118. The summed E-state index contributed by atoms with van der Waals surface area (Å²) in [7, 11) is 1.51. The predicted octanol–water partition coefficient (Wildman–Crippen LogP) is 4.01. The van der Waals surface area contributed by atoms with E-state index < -0.39 is 0 Å². The highest BCUT2D eigenvalue weighted by Gasteiger charge is 2.31. The first-order chi connectivity index (χ1) is 17.5. The fourth-order valence-electron chi connectivity index (χ4n) is 5.34. The first-order valence-electron chi connectivity index (χ1n) is 12.8. The molecule has 0 unspecified atom stereocenters. The van der Waals surface area contributed by atoms with Gasteiger partial charge in [0.25, 0.3) is 5.91 Å². The first-order valence-corrected chi connectivity index (χ1v) is 12.8. The molecule has 2 heterocycles. The molecule has 0 atom stereocenters. The van der Waals surface area contributed by atoms with Gasteiger partial charge in [-0.15, -0.1) is 0 Å². The van der Waals surface area contributed by atoms with Crippen molar-refractivity contribution in [3.8, 4) is 11.3 Å². The van der Waals surface area contributed by atoms with Gasteiger partial charge >= 0.3 is 0 Å². The van der Waals surface area contributed by atoms with Crippen LogP contribution in [0.25, 0.3) is 22.2 Å². The number of hydrogen-bond acceptors (Lipinski definition) is 5. The van der Waals surface area contributed by atoms with Crippen molar-refractivity contribution >= 4 is 28.6 Å². The van der Waals surface area contributed by atoms with E-state index in [0.717, 1.165) is 34.9 Å². The number of hydrogen-bond donors (Lipinski definition) is 1. The van der Waals surface area contributed by atoms with E-state index in [4.69, 9.17) is 4.98 Å². The zero-order valence-electron chi connectivity index (χ0n) is 20.7. The Hall–Kier alpha value is -3.58. The Labute approximate surface area is 211 Å². The van der Waals surface area contributed by atoms with E-state index >= 15 is 0 Å². The van der Waals surface area contributed by atoms with Gasteiger partial charge in [0, 0.05) is 36.7 Å². The summed E-state index contributed by atoms with van der Waals surface area (Å²) in [5, 5.41) is 3.99. The quantitative estimate of drug-likeness (QED) is 0.535. The zero-order valence-corrected chi connectivity index (χ0v) is 20.7. The van der Waals surface area contributed by atoms with Crippen LogP contribution in [0.1, 0.15) is 48.0 Å². The van der Waals surface area contributed by atoms with Gasteiger partial charge in [-0.3, -0.25) is 24.2 Å². The van der Waals surface area contributed by atoms with Crippen LogP contribution in [0, 0.1) is 5.92 Å². The van der Waals surface area contributed by atoms with E-state index in [2.05, 4.69) is 5.32 Å². The van der Waals surface area contributed by atoms with Gasteiger partial charge in [-0.25, -0.2) is 4.98 Å². The lowest BCUT2D eigenvalue weighted by Gasteiger charge is -2.31. The summed E-state index contributed by atoms with van der Waals surface area (Å²) in [6.45, 7) is 1.17. The lowest BCUT2D eigenvalue weighted by molar-refractivity contribution is -0.149. The van der Waals surface area contributed by atoms with Gasteiger partial charge in [-0.2, -0.15) is 0 Å². The van der Waals surface area contributed by atoms with Crippen molar-refractivity contribution in [1.29, 1.82) is 0 Å². The highest BCUT2D eigenvalue weighted by Crippen LogP contribution is 2.32. The number of pyridine rings is 1. The highest BCUT2D eigenvalue weighted by molar-refractivity contribution is 6.09. The summed E-state index contributed by atoms with van der Waals surface area (Å²) in [5.41, 5.74) is 3.66. The molecule has 2 fully saturated rings. The van der Waals surface area contributed by atoms with Crippen molar-refractivity contribution in [1.82, 2.24) is 20.1 Å². The molecule has 2 aromatic carbocycles. The summed E-state index contributed by atoms with van der Waals surface area (Å²) < 4.78 is 0. The molecule has 186 valence electrons. The lowest BCUT2D eigenvalue weighted by atomic mass is 9.89. The van der Waals surface area contributed by atoms with E-state index in [9.17, 15) is 14.4 Å². The number of rotatable bonds is 6. The van der Waals surface area contributed by atoms with E-state index in [0.29, 0.717) is 23.7 Å². The van der Waals surface area contributed by atoms with Crippen molar-refractivity contribution in [2.24, 2.45) is 5.92 Å². The third-order valence-electron chi connectivity index (χ3n) is 7.39. The number of nitrogens with zero attached hydrogens (tertiary/aromatic N) is 3. The minimum absolute atomic E-state index is 0.117. The normalized spacial score (nSPS) is 17.5. The van der Waals surface area contributed by atoms with Crippen molar-refractivity contribution in [2.45, 2.75) is 38.6 Å². The monoisotopic (exact) mass is 484 g/mol.